The molecule has 0 saturated heterocycles. The molecule has 1 aromatic carbocycles. The number of nitrogens with one attached hydrogen (secondary N) is 3. The van der Waals surface area contributed by atoms with Crippen molar-refractivity contribution in [3.8, 4) is 12.3 Å². The Hall–Kier alpha value is -1.40. The number of nitrogens with zero attached hydrogens (tertiary/aromatic N) is 1. The summed E-state index contributed by atoms with van der Waals surface area (Å²) in [6.45, 7) is 3.59. The Morgan fingerprint density at radius 3 is 2.83 bits per heavy atom. The number of guanidine groups is 1. The molecule has 0 fully saturated rings. The normalized spacial score (nSPS) is 10.2. The van der Waals surface area contributed by atoms with Crippen molar-refractivity contribution in [1.29, 1.82) is 0 Å². The molecule has 0 aliphatic rings. The van der Waals surface area contributed by atoms with Gasteiger partial charge in [-0.15, -0.1) is 30.4 Å². The van der Waals surface area contributed by atoms with E-state index < -0.39 is 0 Å². The first-order valence-corrected chi connectivity index (χ1v) is 8.46. The van der Waals surface area contributed by atoms with Gasteiger partial charge in [0.05, 0.1) is 0 Å². The van der Waals surface area contributed by atoms with Gasteiger partial charge in [0.2, 0.25) is 5.91 Å². The molecule has 0 unspecified atom stereocenters. The number of hydrogen-bond donors (Lipinski definition) is 3. The van der Waals surface area contributed by atoms with E-state index in [0.717, 1.165) is 24.4 Å². The number of terminal acetylenes is 1. The van der Waals surface area contributed by atoms with Crippen LogP contribution in [-0.4, -0.2) is 43.5 Å². The fourth-order valence-corrected chi connectivity index (χ4v) is 1.96. The van der Waals surface area contributed by atoms with E-state index in [9.17, 15) is 4.79 Å². The van der Waals surface area contributed by atoms with E-state index in [4.69, 9.17) is 6.42 Å². The monoisotopic (exact) mass is 446 g/mol. The Morgan fingerprint density at radius 1 is 1.39 bits per heavy atom. The average molecular weight is 446 g/mol. The second kappa shape index (κ2) is 13.1. The van der Waals surface area contributed by atoms with Crippen molar-refractivity contribution in [3.63, 3.8) is 0 Å². The van der Waals surface area contributed by atoms with Gasteiger partial charge in [-0.25, -0.2) is 4.99 Å². The van der Waals surface area contributed by atoms with E-state index >= 15 is 0 Å². The predicted molar refractivity (Wildman–Crippen MR) is 111 cm³/mol. The molecule has 23 heavy (non-hydrogen) atoms. The summed E-state index contributed by atoms with van der Waals surface area (Å²) in [6, 6.07) is 7.17. The number of hydrogen-bond acceptors (Lipinski definition) is 3. The third-order valence-electron chi connectivity index (χ3n) is 2.64. The van der Waals surface area contributed by atoms with E-state index in [1.54, 1.807) is 23.9 Å². The van der Waals surface area contributed by atoms with Crippen molar-refractivity contribution in [3.05, 3.63) is 29.8 Å². The number of carbonyl (C=O) groups is 1. The van der Waals surface area contributed by atoms with Crippen LogP contribution in [0.4, 0.5) is 5.69 Å². The molecule has 0 radical (unpaired) electrons. The van der Waals surface area contributed by atoms with Crippen molar-refractivity contribution < 1.29 is 4.79 Å². The van der Waals surface area contributed by atoms with Gasteiger partial charge in [0, 0.05) is 30.1 Å². The molecule has 0 heterocycles. The standard InChI is InChI=1S/C16H22N4OS.HI/c1-4-13-7-6-8-14(11-13)20-15(21)12-19-16(17-5-2)18-9-10-22-3;/h1,6-8,11H,5,9-10,12H2,2-3H3,(H,20,21)(H2,17,18,19);1H. The van der Waals surface area contributed by atoms with E-state index in [-0.39, 0.29) is 36.4 Å². The van der Waals surface area contributed by atoms with Gasteiger partial charge in [-0.1, -0.05) is 12.0 Å². The van der Waals surface area contributed by atoms with Gasteiger partial charge in [0.25, 0.3) is 0 Å². The van der Waals surface area contributed by atoms with Gasteiger partial charge in [-0.05, 0) is 31.4 Å². The summed E-state index contributed by atoms with van der Waals surface area (Å²) in [5.41, 5.74) is 1.41. The second-order valence-electron chi connectivity index (χ2n) is 4.39. The Morgan fingerprint density at radius 2 is 2.17 bits per heavy atom. The summed E-state index contributed by atoms with van der Waals surface area (Å²) >= 11 is 1.75. The van der Waals surface area contributed by atoms with Crippen molar-refractivity contribution in [2.75, 3.05) is 37.0 Å². The number of benzene rings is 1. The number of aliphatic imine (C=N–C) groups is 1. The first-order chi connectivity index (χ1) is 10.7. The summed E-state index contributed by atoms with van der Waals surface area (Å²) in [5.74, 6) is 3.98. The lowest BCUT2D eigenvalue weighted by molar-refractivity contribution is -0.114. The molecular weight excluding hydrogens is 423 g/mol. The minimum Gasteiger partial charge on any atom is -0.357 e. The summed E-state index contributed by atoms with van der Waals surface area (Å²) in [6.07, 6.45) is 7.38. The zero-order chi connectivity index (χ0) is 16.2. The molecule has 0 atom stereocenters. The number of rotatable bonds is 7. The summed E-state index contributed by atoms with van der Waals surface area (Å²) in [4.78, 5) is 16.2. The van der Waals surface area contributed by atoms with Crippen LogP contribution in [0.1, 0.15) is 12.5 Å². The predicted octanol–water partition coefficient (Wildman–Crippen LogP) is 2.14. The fourth-order valence-electron chi connectivity index (χ4n) is 1.65. The maximum atomic E-state index is 11.9. The molecule has 0 spiro atoms. The summed E-state index contributed by atoms with van der Waals surface area (Å²) in [5, 5.41) is 9.05. The van der Waals surface area contributed by atoms with Crippen LogP contribution in [-0.2, 0) is 4.79 Å². The maximum Gasteiger partial charge on any atom is 0.246 e. The van der Waals surface area contributed by atoms with E-state index in [2.05, 4.69) is 26.9 Å². The van der Waals surface area contributed by atoms with Crippen LogP contribution in [0.15, 0.2) is 29.3 Å². The summed E-state index contributed by atoms with van der Waals surface area (Å²) in [7, 11) is 0. The van der Waals surface area contributed by atoms with E-state index in [0.29, 0.717) is 11.6 Å². The van der Waals surface area contributed by atoms with Crippen molar-refractivity contribution in [2.45, 2.75) is 6.92 Å². The molecule has 0 aliphatic carbocycles. The summed E-state index contributed by atoms with van der Waals surface area (Å²) < 4.78 is 0. The third kappa shape index (κ3) is 9.36. The molecule has 3 N–H and O–H groups in total. The molecule has 0 aliphatic heterocycles. The highest BCUT2D eigenvalue weighted by Gasteiger charge is 2.03. The number of carbonyl (C=O) groups excluding carboxylic acids is 1. The van der Waals surface area contributed by atoms with Crippen LogP contribution in [0.5, 0.6) is 0 Å². The van der Waals surface area contributed by atoms with E-state index in [1.165, 1.54) is 0 Å². The minimum absolute atomic E-state index is 0. The van der Waals surface area contributed by atoms with Crippen LogP contribution in [0.2, 0.25) is 0 Å². The Kier molecular flexibility index (Phi) is 12.3. The average Bonchev–Trinajstić information content (AvgIpc) is 2.53. The quantitative estimate of drug-likeness (QED) is 0.198. The lowest BCUT2D eigenvalue weighted by Gasteiger charge is -2.10. The molecule has 5 nitrogen and oxygen atoms in total. The highest BCUT2D eigenvalue weighted by molar-refractivity contribution is 14.0. The van der Waals surface area contributed by atoms with Gasteiger partial charge in [-0.3, -0.25) is 4.79 Å². The van der Waals surface area contributed by atoms with Gasteiger partial charge < -0.3 is 16.0 Å². The molecule has 126 valence electrons. The van der Waals surface area contributed by atoms with Crippen LogP contribution < -0.4 is 16.0 Å². The molecule has 0 aromatic heterocycles. The van der Waals surface area contributed by atoms with Crippen LogP contribution >= 0.6 is 35.7 Å². The Bertz CT molecular complexity index is 557. The smallest absolute Gasteiger partial charge is 0.246 e. The zero-order valence-electron chi connectivity index (χ0n) is 13.4. The zero-order valence-corrected chi connectivity index (χ0v) is 16.5. The number of amides is 1. The lowest BCUT2D eigenvalue weighted by atomic mass is 10.2. The van der Waals surface area contributed by atoms with Gasteiger partial charge in [0.1, 0.15) is 6.54 Å². The SMILES string of the molecule is C#Cc1cccc(NC(=O)CN=C(NCC)NCCSC)c1.I. The fraction of sp³-hybridized carbons (Fsp3) is 0.375. The minimum atomic E-state index is -0.184. The Labute approximate surface area is 159 Å². The van der Waals surface area contributed by atoms with Crippen LogP contribution in [0, 0.1) is 12.3 Å². The molecule has 1 amide bonds. The number of halogens is 1. The van der Waals surface area contributed by atoms with Gasteiger partial charge in [-0.2, -0.15) is 11.8 Å². The van der Waals surface area contributed by atoms with Crippen molar-refractivity contribution >= 4 is 53.3 Å². The Balaban J connectivity index is 0.00000484. The first kappa shape index (κ1) is 21.6. The van der Waals surface area contributed by atoms with Crippen LogP contribution in [0.25, 0.3) is 0 Å². The van der Waals surface area contributed by atoms with Crippen molar-refractivity contribution in [2.24, 2.45) is 4.99 Å². The van der Waals surface area contributed by atoms with Crippen molar-refractivity contribution in [1.82, 2.24) is 10.6 Å². The molecule has 1 aromatic rings. The second-order valence-corrected chi connectivity index (χ2v) is 5.37. The number of anilines is 1. The molecular formula is C16H23IN4OS. The maximum absolute atomic E-state index is 11.9. The highest BCUT2D eigenvalue weighted by Crippen LogP contribution is 2.09. The number of thioether (sulfide) groups is 1. The van der Waals surface area contributed by atoms with Gasteiger partial charge in [0.15, 0.2) is 5.96 Å². The third-order valence-corrected chi connectivity index (χ3v) is 3.25. The van der Waals surface area contributed by atoms with E-state index in [1.807, 2.05) is 25.3 Å². The molecule has 0 saturated carbocycles. The first-order valence-electron chi connectivity index (χ1n) is 7.07. The lowest BCUT2D eigenvalue weighted by Crippen LogP contribution is -2.39. The largest absolute Gasteiger partial charge is 0.357 e. The topological polar surface area (TPSA) is 65.5 Å². The van der Waals surface area contributed by atoms with Crippen LogP contribution in [0.3, 0.4) is 0 Å². The highest BCUT2D eigenvalue weighted by atomic mass is 127. The molecule has 7 heteroatoms. The molecule has 1 rings (SSSR count). The van der Waals surface area contributed by atoms with Gasteiger partial charge >= 0.3 is 0 Å². The molecule has 0 bridgehead atoms.